The summed E-state index contributed by atoms with van der Waals surface area (Å²) < 4.78 is 45.9. The third kappa shape index (κ3) is 6.50. The molecule has 0 saturated carbocycles. The van der Waals surface area contributed by atoms with Crippen molar-refractivity contribution in [2.24, 2.45) is 0 Å². The second-order valence-corrected chi connectivity index (χ2v) is 8.65. The number of likely N-dealkylation sites (tertiary alicyclic amines) is 1. The quantitative estimate of drug-likeness (QED) is 0.539. The van der Waals surface area contributed by atoms with Crippen LogP contribution in [-0.4, -0.2) is 71.7 Å². The highest BCUT2D eigenvalue weighted by Crippen LogP contribution is 2.34. The average molecular weight is 494 g/mol. The van der Waals surface area contributed by atoms with Gasteiger partial charge in [-0.15, -0.1) is 0 Å². The maximum Gasteiger partial charge on any atom is 0.421 e. The fourth-order valence-electron chi connectivity index (χ4n) is 4.12. The molecular weight excluding hydrogens is 463 g/mol. The molecule has 0 spiro atoms. The van der Waals surface area contributed by atoms with E-state index in [9.17, 15) is 18.0 Å². The number of morpholine rings is 1. The van der Waals surface area contributed by atoms with Crippen LogP contribution in [0.2, 0.25) is 0 Å². The lowest BCUT2D eigenvalue weighted by molar-refractivity contribution is -0.137. The van der Waals surface area contributed by atoms with Crippen LogP contribution >= 0.6 is 0 Å². The van der Waals surface area contributed by atoms with Crippen molar-refractivity contribution in [1.82, 2.24) is 19.9 Å². The van der Waals surface area contributed by atoms with Gasteiger partial charge in [-0.25, -0.2) is 9.97 Å². The van der Waals surface area contributed by atoms with Crippen molar-refractivity contribution in [2.75, 3.05) is 61.5 Å². The molecule has 0 unspecified atom stereocenters. The minimum atomic E-state index is -4.60. The number of rotatable bonds is 8. The standard InChI is InChI=1S/C23H30F3N7O2/c1-16-13-19(32-9-11-35-12-10-32)28-15-18(16)30-22-29-14-17(23(24,25)26)21(31-22)27-6-4-8-33-7-3-2-5-20(33)34/h13-15H,2-12H2,1H3,(H2,27,29,30,31). The number of amides is 1. The van der Waals surface area contributed by atoms with Gasteiger partial charge in [-0.1, -0.05) is 0 Å². The van der Waals surface area contributed by atoms with Crippen LogP contribution in [0.4, 0.5) is 36.4 Å². The maximum absolute atomic E-state index is 13.5. The predicted molar refractivity (Wildman–Crippen MR) is 126 cm³/mol. The highest BCUT2D eigenvalue weighted by Gasteiger charge is 2.35. The summed E-state index contributed by atoms with van der Waals surface area (Å²) in [4.78, 5) is 28.2. The second kappa shape index (κ2) is 11.1. The van der Waals surface area contributed by atoms with E-state index in [1.165, 1.54) is 0 Å². The summed E-state index contributed by atoms with van der Waals surface area (Å²) in [5.41, 5.74) is 0.539. The molecule has 2 aromatic rings. The third-order valence-electron chi connectivity index (χ3n) is 6.09. The van der Waals surface area contributed by atoms with Gasteiger partial charge in [-0.3, -0.25) is 4.79 Å². The number of ether oxygens (including phenoxy) is 1. The van der Waals surface area contributed by atoms with Crippen molar-refractivity contribution in [1.29, 1.82) is 0 Å². The topological polar surface area (TPSA) is 95.5 Å². The first-order chi connectivity index (χ1) is 16.8. The number of carbonyl (C=O) groups excluding carboxylic acids is 1. The van der Waals surface area contributed by atoms with Crippen LogP contribution in [0.15, 0.2) is 18.5 Å². The normalized spacial score (nSPS) is 17.0. The zero-order valence-electron chi connectivity index (χ0n) is 19.7. The van der Waals surface area contributed by atoms with Gasteiger partial charge in [0.05, 0.1) is 25.1 Å². The van der Waals surface area contributed by atoms with Gasteiger partial charge in [0.2, 0.25) is 11.9 Å². The Bertz CT molecular complexity index is 1030. The first-order valence-electron chi connectivity index (χ1n) is 11.8. The van der Waals surface area contributed by atoms with Crippen molar-refractivity contribution in [3.8, 4) is 0 Å². The lowest BCUT2D eigenvalue weighted by atomic mass is 10.1. The summed E-state index contributed by atoms with van der Waals surface area (Å²) in [6.45, 7) is 6.13. The smallest absolute Gasteiger partial charge is 0.378 e. The van der Waals surface area contributed by atoms with Gasteiger partial charge >= 0.3 is 6.18 Å². The zero-order valence-corrected chi connectivity index (χ0v) is 19.7. The van der Waals surface area contributed by atoms with Crippen molar-refractivity contribution in [3.63, 3.8) is 0 Å². The van der Waals surface area contributed by atoms with E-state index < -0.39 is 11.7 Å². The van der Waals surface area contributed by atoms with Crippen molar-refractivity contribution in [3.05, 3.63) is 29.6 Å². The Hall–Kier alpha value is -3.15. The summed E-state index contributed by atoms with van der Waals surface area (Å²) in [5.74, 6) is 0.662. The number of hydrogen-bond acceptors (Lipinski definition) is 8. The summed E-state index contributed by atoms with van der Waals surface area (Å²) in [6, 6.07) is 1.92. The Morgan fingerprint density at radius 3 is 2.63 bits per heavy atom. The molecule has 35 heavy (non-hydrogen) atoms. The molecule has 2 N–H and O–H groups in total. The number of nitrogens with zero attached hydrogens (tertiary/aromatic N) is 5. The Morgan fingerprint density at radius 2 is 1.91 bits per heavy atom. The Labute approximate surface area is 202 Å². The monoisotopic (exact) mass is 493 g/mol. The molecule has 0 aromatic carbocycles. The van der Waals surface area contributed by atoms with Crippen LogP contribution in [-0.2, 0) is 15.7 Å². The predicted octanol–water partition coefficient (Wildman–Crippen LogP) is 3.59. The molecule has 1 amide bonds. The molecule has 2 aliphatic heterocycles. The van der Waals surface area contributed by atoms with E-state index in [0.717, 1.165) is 43.5 Å². The van der Waals surface area contributed by atoms with Crippen LogP contribution in [0.5, 0.6) is 0 Å². The number of alkyl halides is 3. The molecular formula is C23H30F3N7O2. The molecule has 9 nitrogen and oxygen atoms in total. The van der Waals surface area contributed by atoms with Gasteiger partial charge in [0.1, 0.15) is 17.2 Å². The maximum atomic E-state index is 13.5. The Balaban J connectivity index is 1.42. The zero-order chi connectivity index (χ0) is 24.8. The van der Waals surface area contributed by atoms with Crippen LogP contribution in [0.1, 0.15) is 36.8 Å². The van der Waals surface area contributed by atoms with Gasteiger partial charge in [0.25, 0.3) is 0 Å². The molecule has 12 heteroatoms. The molecule has 4 rings (SSSR count). The number of carbonyl (C=O) groups is 1. The molecule has 4 heterocycles. The largest absolute Gasteiger partial charge is 0.421 e. The van der Waals surface area contributed by atoms with E-state index >= 15 is 0 Å². The number of hydrogen-bond donors (Lipinski definition) is 2. The summed E-state index contributed by atoms with van der Waals surface area (Å²) in [5, 5.41) is 5.77. The van der Waals surface area contributed by atoms with E-state index in [4.69, 9.17) is 4.74 Å². The molecule has 0 bridgehead atoms. The minimum absolute atomic E-state index is 0.0377. The fraction of sp³-hybridized carbons (Fsp3) is 0.565. The fourth-order valence-corrected chi connectivity index (χ4v) is 4.12. The summed E-state index contributed by atoms with van der Waals surface area (Å²) >= 11 is 0. The second-order valence-electron chi connectivity index (χ2n) is 8.65. The van der Waals surface area contributed by atoms with E-state index in [1.807, 2.05) is 13.0 Å². The summed E-state index contributed by atoms with van der Waals surface area (Å²) in [6.07, 6.45) is 0.710. The molecule has 2 saturated heterocycles. The number of nitrogens with one attached hydrogen (secondary N) is 2. The third-order valence-corrected chi connectivity index (χ3v) is 6.09. The summed E-state index contributed by atoms with van der Waals surface area (Å²) in [7, 11) is 0. The van der Waals surface area contributed by atoms with Gasteiger partial charge in [-0.2, -0.15) is 18.2 Å². The molecule has 0 atom stereocenters. The molecule has 2 fully saturated rings. The Kier molecular flexibility index (Phi) is 7.89. The van der Waals surface area contributed by atoms with Gasteiger partial charge in [-0.05, 0) is 37.8 Å². The lowest BCUT2D eigenvalue weighted by Crippen LogP contribution is -2.36. The average Bonchev–Trinajstić information content (AvgIpc) is 2.84. The molecule has 0 aliphatic carbocycles. The molecule has 2 aromatic heterocycles. The number of piperidine rings is 1. The van der Waals surface area contributed by atoms with Crippen molar-refractivity contribution < 1.29 is 22.7 Å². The van der Waals surface area contributed by atoms with Crippen LogP contribution < -0.4 is 15.5 Å². The van der Waals surface area contributed by atoms with Gasteiger partial charge < -0.3 is 25.2 Å². The lowest BCUT2D eigenvalue weighted by Gasteiger charge is -2.28. The van der Waals surface area contributed by atoms with E-state index in [-0.39, 0.29) is 24.2 Å². The van der Waals surface area contributed by atoms with Crippen LogP contribution in [0.25, 0.3) is 0 Å². The van der Waals surface area contributed by atoms with Crippen LogP contribution in [0, 0.1) is 6.92 Å². The van der Waals surface area contributed by atoms with Gasteiger partial charge in [0.15, 0.2) is 0 Å². The van der Waals surface area contributed by atoms with Crippen LogP contribution in [0.3, 0.4) is 0 Å². The van der Waals surface area contributed by atoms with Gasteiger partial charge in [0, 0.05) is 45.3 Å². The van der Waals surface area contributed by atoms with Crippen molar-refractivity contribution in [2.45, 2.75) is 38.8 Å². The number of aromatic nitrogens is 3. The van der Waals surface area contributed by atoms with Crippen molar-refractivity contribution >= 4 is 29.2 Å². The van der Waals surface area contributed by atoms with E-state index in [1.54, 1.807) is 11.1 Å². The minimum Gasteiger partial charge on any atom is -0.378 e. The first-order valence-corrected chi connectivity index (χ1v) is 11.8. The number of aryl methyl sites for hydroxylation is 1. The molecule has 2 aliphatic rings. The highest BCUT2D eigenvalue weighted by atomic mass is 19.4. The number of anilines is 4. The number of pyridine rings is 1. The Morgan fingerprint density at radius 1 is 1.11 bits per heavy atom. The highest BCUT2D eigenvalue weighted by molar-refractivity contribution is 5.76. The van der Waals surface area contributed by atoms with E-state index in [2.05, 4.69) is 30.5 Å². The number of halogens is 3. The molecule has 0 radical (unpaired) electrons. The molecule has 190 valence electrons. The van der Waals surface area contributed by atoms with E-state index in [0.29, 0.717) is 44.8 Å². The first kappa shape index (κ1) is 25.0. The SMILES string of the molecule is Cc1cc(N2CCOCC2)ncc1Nc1ncc(C(F)(F)F)c(NCCCN2CCCCC2=O)n1.